The first-order valence-corrected chi connectivity index (χ1v) is 10.9. The van der Waals surface area contributed by atoms with Gasteiger partial charge in [0.1, 0.15) is 0 Å². The Balaban J connectivity index is 1.69. The van der Waals surface area contributed by atoms with Crippen LogP contribution in [0.25, 0.3) is 11.3 Å². The van der Waals surface area contributed by atoms with Crippen LogP contribution in [0.15, 0.2) is 54.9 Å². The number of benzene rings is 1. The van der Waals surface area contributed by atoms with Crippen LogP contribution in [-0.4, -0.2) is 33.5 Å². The highest BCUT2D eigenvalue weighted by Crippen LogP contribution is 2.32. The van der Waals surface area contributed by atoms with Gasteiger partial charge in [-0.15, -0.1) is 0 Å². The molecule has 0 saturated carbocycles. The zero-order chi connectivity index (χ0) is 25.6. The monoisotopic (exact) mass is 486 g/mol. The number of nitrogens with zero attached hydrogens (tertiary/aromatic N) is 2. The molecule has 0 aliphatic carbocycles. The van der Waals surface area contributed by atoms with Gasteiger partial charge in [-0.1, -0.05) is 19.1 Å². The highest BCUT2D eigenvalue weighted by molar-refractivity contribution is 5.94. The molecular formula is C25H25F3N4O3. The number of alkyl halides is 3. The summed E-state index contributed by atoms with van der Waals surface area (Å²) in [6, 6.07) is 9.94. The van der Waals surface area contributed by atoms with Crippen LogP contribution in [0, 0.1) is 6.92 Å². The fourth-order valence-electron chi connectivity index (χ4n) is 3.49. The van der Waals surface area contributed by atoms with Gasteiger partial charge in [-0.2, -0.15) is 13.2 Å². The highest BCUT2D eigenvalue weighted by Gasteiger charge is 2.30. The Bertz CT molecular complexity index is 1180. The van der Waals surface area contributed by atoms with E-state index in [1.165, 1.54) is 18.3 Å². The molecule has 1 atom stereocenters. The van der Waals surface area contributed by atoms with Gasteiger partial charge in [0.2, 0.25) is 0 Å². The number of amides is 1. The molecule has 3 aromatic rings. The predicted molar refractivity (Wildman–Crippen MR) is 125 cm³/mol. The number of halogens is 3. The van der Waals surface area contributed by atoms with Gasteiger partial charge in [0.25, 0.3) is 5.91 Å². The van der Waals surface area contributed by atoms with E-state index in [1.54, 1.807) is 18.3 Å². The molecule has 2 heterocycles. The third-order valence-corrected chi connectivity index (χ3v) is 5.34. The SMILES string of the molecule is CCC(Nc1cnc(-c2ccc(C(F)(F)F)cc2)c(C)c1)c1ccc(C(=O)NCCC(=O)O)cn1. The van der Waals surface area contributed by atoms with E-state index in [1.807, 2.05) is 19.9 Å². The summed E-state index contributed by atoms with van der Waals surface area (Å²) in [5.41, 5.74) is 3.03. The lowest BCUT2D eigenvalue weighted by Gasteiger charge is -2.19. The number of aliphatic carboxylic acids is 1. The molecule has 7 nitrogen and oxygen atoms in total. The number of rotatable bonds is 9. The Morgan fingerprint density at radius 1 is 1.06 bits per heavy atom. The van der Waals surface area contributed by atoms with Crippen LogP contribution in [0.2, 0.25) is 0 Å². The molecule has 3 N–H and O–H groups in total. The lowest BCUT2D eigenvalue weighted by Crippen LogP contribution is -2.26. The van der Waals surface area contributed by atoms with E-state index in [2.05, 4.69) is 20.6 Å². The lowest BCUT2D eigenvalue weighted by atomic mass is 10.0. The highest BCUT2D eigenvalue weighted by atomic mass is 19.4. The van der Waals surface area contributed by atoms with Crippen molar-refractivity contribution in [1.82, 2.24) is 15.3 Å². The molecule has 2 aromatic heterocycles. The summed E-state index contributed by atoms with van der Waals surface area (Å²) in [4.78, 5) is 31.5. The third kappa shape index (κ3) is 6.78. The summed E-state index contributed by atoms with van der Waals surface area (Å²) >= 11 is 0. The molecule has 0 radical (unpaired) electrons. The van der Waals surface area contributed by atoms with Gasteiger partial charge in [-0.05, 0) is 49.2 Å². The van der Waals surface area contributed by atoms with Gasteiger partial charge in [-0.3, -0.25) is 19.6 Å². The zero-order valence-corrected chi connectivity index (χ0v) is 19.2. The zero-order valence-electron chi connectivity index (χ0n) is 19.2. The first-order valence-electron chi connectivity index (χ1n) is 10.9. The number of carboxylic acid groups (broad SMARTS) is 1. The first kappa shape index (κ1) is 25.7. The molecule has 1 aromatic carbocycles. The number of carboxylic acids is 1. The minimum absolute atomic E-state index is 0.0316. The maximum Gasteiger partial charge on any atom is 0.416 e. The van der Waals surface area contributed by atoms with Gasteiger partial charge in [0.05, 0.1) is 46.9 Å². The van der Waals surface area contributed by atoms with Crippen LogP contribution < -0.4 is 10.6 Å². The van der Waals surface area contributed by atoms with Crippen LogP contribution in [0.1, 0.15) is 53.0 Å². The molecule has 3 rings (SSSR count). The summed E-state index contributed by atoms with van der Waals surface area (Å²) < 4.78 is 38.5. The van der Waals surface area contributed by atoms with Gasteiger partial charge < -0.3 is 15.7 Å². The van der Waals surface area contributed by atoms with E-state index >= 15 is 0 Å². The number of aryl methyl sites for hydroxylation is 1. The van der Waals surface area contributed by atoms with E-state index in [4.69, 9.17) is 5.11 Å². The van der Waals surface area contributed by atoms with Crippen molar-refractivity contribution in [3.05, 3.63) is 77.2 Å². The molecular weight excluding hydrogens is 461 g/mol. The molecule has 184 valence electrons. The van der Waals surface area contributed by atoms with Crippen LogP contribution in [0.4, 0.5) is 18.9 Å². The van der Waals surface area contributed by atoms with Gasteiger partial charge >= 0.3 is 12.1 Å². The minimum Gasteiger partial charge on any atom is -0.481 e. The summed E-state index contributed by atoms with van der Waals surface area (Å²) in [6.07, 6.45) is -0.804. The molecule has 0 spiro atoms. The second kappa shape index (κ2) is 11.0. The molecule has 35 heavy (non-hydrogen) atoms. The third-order valence-electron chi connectivity index (χ3n) is 5.34. The molecule has 0 bridgehead atoms. The van der Waals surface area contributed by atoms with E-state index < -0.39 is 23.6 Å². The summed E-state index contributed by atoms with van der Waals surface area (Å²) in [7, 11) is 0. The molecule has 0 aliphatic rings. The van der Waals surface area contributed by atoms with Gasteiger partial charge in [0, 0.05) is 18.3 Å². The number of aromatic nitrogens is 2. The maximum atomic E-state index is 12.8. The summed E-state index contributed by atoms with van der Waals surface area (Å²) in [6.45, 7) is 3.84. The van der Waals surface area contributed by atoms with Crippen LogP contribution >= 0.6 is 0 Å². The Kier molecular flexibility index (Phi) is 8.06. The van der Waals surface area contributed by atoms with Gasteiger partial charge in [0.15, 0.2) is 0 Å². The second-order valence-electron chi connectivity index (χ2n) is 7.94. The van der Waals surface area contributed by atoms with Crippen LogP contribution in [0.5, 0.6) is 0 Å². The van der Waals surface area contributed by atoms with Crippen molar-refractivity contribution in [2.24, 2.45) is 0 Å². The fraction of sp³-hybridized carbons (Fsp3) is 0.280. The largest absolute Gasteiger partial charge is 0.481 e. The number of pyridine rings is 2. The van der Waals surface area contributed by atoms with Crippen molar-refractivity contribution in [1.29, 1.82) is 0 Å². The quantitative estimate of drug-likeness (QED) is 0.382. The standard InChI is InChI=1S/C25H25F3N4O3/c1-3-20(21-9-6-17(13-30-21)24(35)29-11-10-22(33)34)32-19-12-15(2)23(31-14-19)16-4-7-18(8-5-16)25(26,27)28/h4-9,12-14,20,32H,3,10-11H2,1-2H3,(H,29,35)(H,33,34). The molecule has 1 unspecified atom stereocenters. The van der Waals surface area contributed by atoms with Crippen molar-refractivity contribution in [2.75, 3.05) is 11.9 Å². The number of anilines is 1. The Morgan fingerprint density at radius 2 is 1.77 bits per heavy atom. The topological polar surface area (TPSA) is 104 Å². The summed E-state index contributed by atoms with van der Waals surface area (Å²) in [5.74, 6) is -1.39. The lowest BCUT2D eigenvalue weighted by molar-refractivity contribution is -0.138. The fourth-order valence-corrected chi connectivity index (χ4v) is 3.49. The number of hydrogen-bond acceptors (Lipinski definition) is 5. The summed E-state index contributed by atoms with van der Waals surface area (Å²) in [5, 5.41) is 14.5. The van der Waals surface area contributed by atoms with E-state index in [0.717, 1.165) is 23.4 Å². The molecule has 1 amide bonds. The van der Waals surface area contributed by atoms with Crippen molar-refractivity contribution >= 4 is 17.6 Å². The van der Waals surface area contributed by atoms with E-state index in [0.29, 0.717) is 28.9 Å². The molecule has 0 fully saturated rings. The minimum atomic E-state index is -4.39. The molecule has 0 saturated heterocycles. The first-order chi connectivity index (χ1) is 16.6. The average Bonchev–Trinajstić information content (AvgIpc) is 2.82. The number of carbonyl (C=O) groups is 2. The Morgan fingerprint density at radius 3 is 2.31 bits per heavy atom. The predicted octanol–water partition coefficient (Wildman–Crippen LogP) is 5.24. The average molecular weight is 486 g/mol. The Hall–Kier alpha value is -3.95. The number of hydrogen-bond donors (Lipinski definition) is 3. The van der Waals surface area contributed by atoms with Crippen molar-refractivity contribution in [2.45, 2.75) is 38.9 Å². The number of carbonyl (C=O) groups excluding carboxylic acids is 1. The van der Waals surface area contributed by atoms with Gasteiger partial charge in [-0.25, -0.2) is 0 Å². The van der Waals surface area contributed by atoms with Crippen molar-refractivity contribution < 1.29 is 27.9 Å². The van der Waals surface area contributed by atoms with E-state index in [9.17, 15) is 22.8 Å². The molecule has 0 aliphatic heterocycles. The van der Waals surface area contributed by atoms with Crippen LogP contribution in [-0.2, 0) is 11.0 Å². The van der Waals surface area contributed by atoms with Crippen LogP contribution in [0.3, 0.4) is 0 Å². The van der Waals surface area contributed by atoms with E-state index in [-0.39, 0.29) is 19.0 Å². The Labute approximate surface area is 200 Å². The van der Waals surface area contributed by atoms with Crippen molar-refractivity contribution in [3.63, 3.8) is 0 Å². The van der Waals surface area contributed by atoms with Crippen molar-refractivity contribution in [3.8, 4) is 11.3 Å². The normalized spacial score (nSPS) is 12.1. The second-order valence-corrected chi connectivity index (χ2v) is 7.94. The number of nitrogens with one attached hydrogen (secondary N) is 2. The smallest absolute Gasteiger partial charge is 0.416 e. The maximum absolute atomic E-state index is 12.8. The molecule has 10 heteroatoms.